The first kappa shape index (κ1) is 20.2. The molecule has 2 aromatic heterocycles. The van der Waals surface area contributed by atoms with Gasteiger partial charge in [0.05, 0.1) is 17.1 Å². The first-order valence-electron chi connectivity index (χ1n) is 10.1. The number of aryl methyl sites for hydroxylation is 1. The molecule has 10 heteroatoms. The molecule has 5 rings (SSSR count). The number of aromatic nitrogens is 3. The number of aliphatic hydroxyl groups is 2. The lowest BCUT2D eigenvalue weighted by molar-refractivity contribution is -0.0167. The first-order chi connectivity index (χ1) is 14.9. The molecule has 3 heterocycles. The van der Waals surface area contributed by atoms with Crippen LogP contribution in [0.3, 0.4) is 0 Å². The molecular weight excluding hydrogens is 413 g/mol. The SMILES string of the molecule is Cc1ncnc2c1c(F)cn2C1CC(Oc2cc(F)c(F)c3c2CNCC3)[C@@H](O)[C@H]1O. The summed E-state index contributed by atoms with van der Waals surface area (Å²) in [5.41, 5.74) is 1.51. The van der Waals surface area contributed by atoms with Gasteiger partial charge in [0, 0.05) is 36.4 Å². The summed E-state index contributed by atoms with van der Waals surface area (Å²) in [6.07, 6.45) is -0.516. The molecule has 1 aromatic carbocycles. The van der Waals surface area contributed by atoms with Crippen LogP contribution in [0, 0.1) is 24.4 Å². The van der Waals surface area contributed by atoms with Crippen molar-refractivity contribution in [3.63, 3.8) is 0 Å². The molecule has 164 valence electrons. The van der Waals surface area contributed by atoms with Crippen LogP contribution in [0.4, 0.5) is 13.2 Å². The molecule has 1 aliphatic carbocycles. The molecule has 31 heavy (non-hydrogen) atoms. The molecule has 4 atom stereocenters. The van der Waals surface area contributed by atoms with Gasteiger partial charge in [0.15, 0.2) is 17.5 Å². The number of benzene rings is 1. The van der Waals surface area contributed by atoms with Gasteiger partial charge in [-0.15, -0.1) is 0 Å². The van der Waals surface area contributed by atoms with E-state index in [-0.39, 0.29) is 23.1 Å². The highest BCUT2D eigenvalue weighted by Crippen LogP contribution is 2.38. The van der Waals surface area contributed by atoms with E-state index < -0.39 is 41.8 Å². The topological polar surface area (TPSA) is 92.4 Å². The molecule has 1 saturated carbocycles. The number of rotatable bonds is 3. The van der Waals surface area contributed by atoms with Gasteiger partial charge in [0.25, 0.3) is 0 Å². The lowest BCUT2D eigenvalue weighted by Gasteiger charge is -2.25. The van der Waals surface area contributed by atoms with Crippen molar-refractivity contribution in [1.29, 1.82) is 0 Å². The van der Waals surface area contributed by atoms with Crippen LogP contribution >= 0.6 is 0 Å². The molecule has 0 spiro atoms. The van der Waals surface area contributed by atoms with Crippen LogP contribution in [0.15, 0.2) is 18.6 Å². The monoisotopic (exact) mass is 434 g/mol. The van der Waals surface area contributed by atoms with E-state index in [2.05, 4.69) is 15.3 Å². The average Bonchev–Trinajstić information content (AvgIpc) is 3.24. The molecule has 0 radical (unpaired) electrons. The Morgan fingerprint density at radius 2 is 1.94 bits per heavy atom. The fourth-order valence-corrected chi connectivity index (χ4v) is 4.64. The smallest absolute Gasteiger partial charge is 0.162 e. The standard InChI is InChI=1S/C21H21F3N4O3/c1-9-17-13(23)7-28(21(17)27-8-26-9)14-5-16(20(30)19(14)29)31-15-4-12(22)18(24)10-2-3-25-6-11(10)15/h4,7-8,14,16,19-20,25,29-30H,2-3,5-6H2,1H3/t14?,16?,19-,20+/m0/s1. The van der Waals surface area contributed by atoms with E-state index in [0.717, 1.165) is 6.07 Å². The number of nitrogens with one attached hydrogen (secondary N) is 1. The van der Waals surface area contributed by atoms with E-state index in [9.17, 15) is 23.4 Å². The minimum absolute atomic E-state index is 0.121. The fourth-order valence-electron chi connectivity index (χ4n) is 4.64. The van der Waals surface area contributed by atoms with Gasteiger partial charge >= 0.3 is 0 Å². The summed E-state index contributed by atoms with van der Waals surface area (Å²) in [6.45, 7) is 2.48. The highest BCUT2D eigenvalue weighted by atomic mass is 19.2. The predicted molar refractivity (Wildman–Crippen MR) is 104 cm³/mol. The van der Waals surface area contributed by atoms with Crippen LogP contribution < -0.4 is 10.1 Å². The highest BCUT2D eigenvalue weighted by molar-refractivity contribution is 5.79. The zero-order valence-electron chi connectivity index (χ0n) is 16.6. The Bertz CT molecular complexity index is 1170. The molecule has 7 nitrogen and oxygen atoms in total. The van der Waals surface area contributed by atoms with Crippen molar-refractivity contribution >= 4 is 11.0 Å². The van der Waals surface area contributed by atoms with E-state index in [1.165, 1.54) is 17.1 Å². The van der Waals surface area contributed by atoms with E-state index in [0.29, 0.717) is 36.4 Å². The van der Waals surface area contributed by atoms with Crippen LogP contribution in [-0.4, -0.2) is 49.6 Å². The maximum absolute atomic E-state index is 14.5. The lowest BCUT2D eigenvalue weighted by atomic mass is 9.99. The molecule has 0 saturated heterocycles. The number of hydrogen-bond donors (Lipinski definition) is 3. The van der Waals surface area contributed by atoms with Crippen molar-refractivity contribution in [2.45, 2.75) is 50.7 Å². The fraction of sp³-hybridized carbons (Fsp3) is 0.429. The molecule has 3 aromatic rings. The number of halogens is 3. The minimum atomic E-state index is -1.31. The summed E-state index contributed by atoms with van der Waals surface area (Å²) < 4.78 is 50.2. The average molecular weight is 434 g/mol. The number of fused-ring (bicyclic) bond motifs is 2. The van der Waals surface area contributed by atoms with Gasteiger partial charge in [-0.1, -0.05) is 0 Å². The third-order valence-corrected chi connectivity index (χ3v) is 6.23. The van der Waals surface area contributed by atoms with E-state index in [1.807, 2.05) is 0 Å². The Kier molecular flexibility index (Phi) is 4.87. The summed E-state index contributed by atoms with van der Waals surface area (Å²) in [5, 5.41) is 24.6. The summed E-state index contributed by atoms with van der Waals surface area (Å²) in [4.78, 5) is 8.13. The maximum atomic E-state index is 14.5. The molecule has 2 unspecified atom stereocenters. The number of nitrogens with zero attached hydrogens (tertiary/aromatic N) is 3. The second-order valence-electron chi connectivity index (χ2n) is 8.04. The minimum Gasteiger partial charge on any atom is -0.487 e. The first-order valence-corrected chi connectivity index (χ1v) is 10.1. The molecule has 0 amide bonds. The van der Waals surface area contributed by atoms with Crippen molar-refractivity contribution in [3.8, 4) is 5.75 Å². The molecule has 1 fully saturated rings. The highest BCUT2D eigenvalue weighted by Gasteiger charge is 2.45. The molecule has 0 bridgehead atoms. The van der Waals surface area contributed by atoms with Gasteiger partial charge in [-0.3, -0.25) is 0 Å². The van der Waals surface area contributed by atoms with Crippen molar-refractivity contribution < 1.29 is 28.1 Å². The largest absolute Gasteiger partial charge is 0.487 e. The van der Waals surface area contributed by atoms with Crippen molar-refractivity contribution in [2.24, 2.45) is 0 Å². The molecule has 2 aliphatic rings. The second kappa shape index (κ2) is 7.47. The Balaban J connectivity index is 1.48. The summed E-state index contributed by atoms with van der Waals surface area (Å²) in [5.74, 6) is -2.32. The van der Waals surface area contributed by atoms with Gasteiger partial charge < -0.3 is 24.8 Å². The normalized spacial score (nSPS) is 25.7. The number of hydrogen-bond acceptors (Lipinski definition) is 6. The molecular formula is C21H21F3N4O3. The Morgan fingerprint density at radius 3 is 2.74 bits per heavy atom. The van der Waals surface area contributed by atoms with E-state index in [4.69, 9.17) is 4.74 Å². The maximum Gasteiger partial charge on any atom is 0.162 e. The molecule has 1 aliphatic heterocycles. The van der Waals surface area contributed by atoms with Crippen LogP contribution in [0.25, 0.3) is 11.0 Å². The van der Waals surface area contributed by atoms with Gasteiger partial charge in [-0.2, -0.15) is 0 Å². The second-order valence-corrected chi connectivity index (χ2v) is 8.04. The Labute approximate surface area is 175 Å². The van der Waals surface area contributed by atoms with Crippen molar-refractivity contribution in [3.05, 3.63) is 52.9 Å². The zero-order valence-corrected chi connectivity index (χ0v) is 16.6. The van der Waals surface area contributed by atoms with Gasteiger partial charge in [0.2, 0.25) is 0 Å². The van der Waals surface area contributed by atoms with Gasteiger partial charge in [-0.05, 0) is 19.9 Å². The van der Waals surface area contributed by atoms with Crippen LogP contribution in [0.1, 0.15) is 29.3 Å². The zero-order chi connectivity index (χ0) is 21.9. The third kappa shape index (κ3) is 3.17. The van der Waals surface area contributed by atoms with Gasteiger partial charge in [-0.25, -0.2) is 23.1 Å². The van der Waals surface area contributed by atoms with E-state index in [1.54, 1.807) is 6.92 Å². The summed E-state index contributed by atoms with van der Waals surface area (Å²) >= 11 is 0. The quantitative estimate of drug-likeness (QED) is 0.584. The molecule has 3 N–H and O–H groups in total. The van der Waals surface area contributed by atoms with E-state index >= 15 is 0 Å². The van der Waals surface area contributed by atoms with Crippen LogP contribution in [0.2, 0.25) is 0 Å². The third-order valence-electron chi connectivity index (χ3n) is 6.23. The van der Waals surface area contributed by atoms with Crippen LogP contribution in [0.5, 0.6) is 5.75 Å². The lowest BCUT2D eigenvalue weighted by Crippen LogP contribution is -2.35. The van der Waals surface area contributed by atoms with Gasteiger partial charge in [0.1, 0.15) is 36.0 Å². The van der Waals surface area contributed by atoms with Crippen molar-refractivity contribution in [1.82, 2.24) is 19.9 Å². The summed E-state index contributed by atoms with van der Waals surface area (Å²) in [6, 6.07) is 0.245. The number of ether oxygens (including phenoxy) is 1. The van der Waals surface area contributed by atoms with Crippen molar-refractivity contribution in [2.75, 3.05) is 6.54 Å². The Morgan fingerprint density at radius 1 is 1.13 bits per heavy atom. The van der Waals surface area contributed by atoms with Crippen LogP contribution in [-0.2, 0) is 13.0 Å². The summed E-state index contributed by atoms with van der Waals surface area (Å²) in [7, 11) is 0. The number of aliphatic hydroxyl groups excluding tert-OH is 2. The Hall–Kier alpha value is -2.69. The predicted octanol–water partition coefficient (Wildman–Crippen LogP) is 1.92.